The molecule has 0 spiro atoms. The summed E-state index contributed by atoms with van der Waals surface area (Å²) in [5.74, 6) is 0.634. The molecule has 0 fully saturated rings. The highest BCUT2D eigenvalue weighted by atomic mass is 16.1. The maximum absolute atomic E-state index is 11.8. The van der Waals surface area contributed by atoms with E-state index in [0.717, 1.165) is 12.8 Å². The molecule has 0 saturated carbocycles. The van der Waals surface area contributed by atoms with Gasteiger partial charge in [-0.25, -0.2) is 0 Å². The van der Waals surface area contributed by atoms with Gasteiger partial charge in [-0.15, -0.1) is 0 Å². The monoisotopic (exact) mass is 182 g/mol. The van der Waals surface area contributed by atoms with Gasteiger partial charge < -0.3 is 0 Å². The fourth-order valence-electron chi connectivity index (χ4n) is 1.57. The van der Waals surface area contributed by atoms with E-state index >= 15 is 0 Å². The van der Waals surface area contributed by atoms with Crippen molar-refractivity contribution in [3.05, 3.63) is 12.2 Å². The van der Waals surface area contributed by atoms with Gasteiger partial charge >= 0.3 is 0 Å². The first kappa shape index (κ1) is 12.4. The molecule has 1 unspecified atom stereocenters. The molecule has 0 bridgehead atoms. The Kier molecular flexibility index (Phi) is 4.38. The molecule has 0 aliphatic rings. The molecule has 13 heavy (non-hydrogen) atoms. The predicted octanol–water partition coefficient (Wildman–Crippen LogP) is 3.59. The number of rotatable bonds is 5. The lowest BCUT2D eigenvalue weighted by Gasteiger charge is -2.30. The van der Waals surface area contributed by atoms with Crippen LogP contribution in [0.4, 0.5) is 0 Å². The molecule has 0 amide bonds. The van der Waals surface area contributed by atoms with Crippen LogP contribution in [0.5, 0.6) is 0 Å². The Morgan fingerprint density at radius 1 is 1.46 bits per heavy atom. The van der Waals surface area contributed by atoms with Crippen LogP contribution in [0.15, 0.2) is 12.2 Å². The van der Waals surface area contributed by atoms with E-state index in [4.69, 9.17) is 0 Å². The van der Waals surface area contributed by atoms with E-state index in [1.54, 1.807) is 6.92 Å². The van der Waals surface area contributed by atoms with Crippen molar-refractivity contribution >= 4 is 5.78 Å². The third kappa shape index (κ3) is 2.98. The van der Waals surface area contributed by atoms with E-state index in [0.29, 0.717) is 11.5 Å². The number of carbonyl (C=O) groups is 1. The maximum atomic E-state index is 11.8. The van der Waals surface area contributed by atoms with Crippen molar-refractivity contribution in [1.29, 1.82) is 0 Å². The summed E-state index contributed by atoms with van der Waals surface area (Å²) < 4.78 is 0. The number of ketones is 1. The van der Waals surface area contributed by atoms with Crippen LogP contribution in [0.25, 0.3) is 0 Å². The highest BCUT2D eigenvalue weighted by Crippen LogP contribution is 2.32. The van der Waals surface area contributed by atoms with Gasteiger partial charge in [0, 0.05) is 5.41 Å². The molecule has 1 heteroatoms. The van der Waals surface area contributed by atoms with Gasteiger partial charge in [0.25, 0.3) is 0 Å². The van der Waals surface area contributed by atoms with Crippen molar-refractivity contribution < 1.29 is 4.79 Å². The smallest absolute Gasteiger partial charge is 0.163 e. The number of hydrogen-bond donors (Lipinski definition) is 0. The Hall–Kier alpha value is -0.590. The lowest BCUT2D eigenvalue weighted by atomic mass is 9.73. The second-order valence-electron chi connectivity index (χ2n) is 4.52. The molecule has 0 N–H and O–H groups in total. The summed E-state index contributed by atoms with van der Waals surface area (Å²) in [6.07, 6.45) is 2.24. The van der Waals surface area contributed by atoms with E-state index in [1.165, 1.54) is 0 Å². The molecule has 0 aromatic heterocycles. The van der Waals surface area contributed by atoms with Gasteiger partial charge in [-0.05, 0) is 18.4 Å². The van der Waals surface area contributed by atoms with Crippen molar-refractivity contribution in [2.45, 2.75) is 47.5 Å². The summed E-state index contributed by atoms with van der Waals surface area (Å²) in [7, 11) is 0. The first-order valence-corrected chi connectivity index (χ1v) is 5.04. The highest BCUT2D eigenvalue weighted by molar-refractivity contribution is 5.98. The molecule has 1 nitrogen and oxygen atoms in total. The second-order valence-corrected chi connectivity index (χ2v) is 4.52. The molecule has 0 heterocycles. The molecular weight excluding hydrogens is 160 g/mol. The minimum absolute atomic E-state index is 0.202. The topological polar surface area (TPSA) is 17.1 Å². The third-order valence-electron chi connectivity index (χ3n) is 2.93. The minimum atomic E-state index is -0.248. The first-order chi connectivity index (χ1) is 5.84. The SMILES string of the molecule is C=C(C)C(=O)C(C)(C)C(C)CCC. The molecule has 76 valence electrons. The van der Waals surface area contributed by atoms with Crippen LogP contribution in [0.2, 0.25) is 0 Å². The van der Waals surface area contributed by atoms with Gasteiger partial charge in [-0.3, -0.25) is 4.79 Å². The molecule has 0 aliphatic heterocycles. The van der Waals surface area contributed by atoms with Crippen molar-refractivity contribution in [1.82, 2.24) is 0 Å². The van der Waals surface area contributed by atoms with E-state index in [-0.39, 0.29) is 11.2 Å². The zero-order chi connectivity index (χ0) is 10.6. The number of hydrogen-bond acceptors (Lipinski definition) is 1. The van der Waals surface area contributed by atoms with Crippen molar-refractivity contribution in [2.75, 3.05) is 0 Å². The average Bonchev–Trinajstić information content (AvgIpc) is 2.03. The Morgan fingerprint density at radius 3 is 2.23 bits per heavy atom. The van der Waals surface area contributed by atoms with Crippen LogP contribution in [-0.2, 0) is 4.79 Å². The summed E-state index contributed by atoms with van der Waals surface area (Å²) in [5, 5.41) is 0. The summed E-state index contributed by atoms with van der Waals surface area (Å²) >= 11 is 0. The normalized spacial score (nSPS) is 13.9. The van der Waals surface area contributed by atoms with Crippen LogP contribution in [0.1, 0.15) is 47.5 Å². The molecular formula is C12H22O. The second kappa shape index (κ2) is 4.59. The summed E-state index contributed by atoms with van der Waals surface area (Å²) in [6, 6.07) is 0. The Labute approximate surface area is 82.2 Å². The average molecular weight is 182 g/mol. The molecule has 0 aliphatic carbocycles. The van der Waals surface area contributed by atoms with E-state index in [2.05, 4.69) is 20.4 Å². The van der Waals surface area contributed by atoms with E-state index in [9.17, 15) is 4.79 Å². The van der Waals surface area contributed by atoms with Gasteiger partial charge in [-0.2, -0.15) is 0 Å². The fourth-order valence-corrected chi connectivity index (χ4v) is 1.57. The van der Waals surface area contributed by atoms with Crippen LogP contribution in [0, 0.1) is 11.3 Å². The largest absolute Gasteiger partial charge is 0.294 e. The molecule has 1 atom stereocenters. The van der Waals surface area contributed by atoms with Gasteiger partial charge in [0.1, 0.15) is 0 Å². The Balaban J connectivity index is 4.54. The van der Waals surface area contributed by atoms with Crippen LogP contribution < -0.4 is 0 Å². The predicted molar refractivity (Wildman–Crippen MR) is 57.7 cm³/mol. The molecule has 0 aromatic rings. The quantitative estimate of drug-likeness (QED) is 0.594. The summed E-state index contributed by atoms with van der Waals surface area (Å²) in [5.41, 5.74) is 0.426. The van der Waals surface area contributed by atoms with Gasteiger partial charge in [-0.1, -0.05) is 47.1 Å². The van der Waals surface area contributed by atoms with Crippen molar-refractivity contribution in [3.8, 4) is 0 Å². The molecule has 0 rings (SSSR count). The standard InChI is InChI=1S/C12H22O/c1-7-8-10(4)12(5,6)11(13)9(2)3/h10H,2,7-8H2,1,3-6H3. The van der Waals surface area contributed by atoms with Gasteiger partial charge in [0.2, 0.25) is 0 Å². The van der Waals surface area contributed by atoms with E-state index in [1.807, 2.05) is 13.8 Å². The molecule has 0 radical (unpaired) electrons. The summed E-state index contributed by atoms with van der Waals surface area (Å²) in [6.45, 7) is 13.8. The highest BCUT2D eigenvalue weighted by Gasteiger charge is 2.32. The Morgan fingerprint density at radius 2 is 1.92 bits per heavy atom. The first-order valence-electron chi connectivity index (χ1n) is 5.04. The number of allylic oxidation sites excluding steroid dienone is 1. The molecule has 0 saturated heterocycles. The van der Waals surface area contributed by atoms with E-state index < -0.39 is 0 Å². The third-order valence-corrected chi connectivity index (χ3v) is 2.93. The number of carbonyl (C=O) groups excluding carboxylic acids is 1. The maximum Gasteiger partial charge on any atom is 0.163 e. The molecule has 0 aromatic carbocycles. The van der Waals surface area contributed by atoms with Crippen LogP contribution in [-0.4, -0.2) is 5.78 Å². The lowest BCUT2D eigenvalue weighted by Crippen LogP contribution is -2.31. The van der Waals surface area contributed by atoms with Crippen LogP contribution >= 0.6 is 0 Å². The Bertz CT molecular complexity index is 201. The zero-order valence-corrected chi connectivity index (χ0v) is 9.61. The zero-order valence-electron chi connectivity index (χ0n) is 9.61. The van der Waals surface area contributed by atoms with Crippen LogP contribution in [0.3, 0.4) is 0 Å². The number of Topliss-reactive ketones (excluding diaryl/α,β-unsaturated/α-hetero) is 1. The van der Waals surface area contributed by atoms with Crippen molar-refractivity contribution in [3.63, 3.8) is 0 Å². The van der Waals surface area contributed by atoms with Gasteiger partial charge in [0.15, 0.2) is 5.78 Å². The fraction of sp³-hybridized carbons (Fsp3) is 0.750. The summed E-state index contributed by atoms with van der Waals surface area (Å²) in [4.78, 5) is 11.8. The van der Waals surface area contributed by atoms with Crippen molar-refractivity contribution in [2.24, 2.45) is 11.3 Å². The lowest BCUT2D eigenvalue weighted by molar-refractivity contribution is -0.125. The minimum Gasteiger partial charge on any atom is -0.294 e. The van der Waals surface area contributed by atoms with Gasteiger partial charge in [0.05, 0.1) is 0 Å².